The maximum atomic E-state index is 12.9. The maximum Gasteiger partial charge on any atom is 0.302 e. The fourth-order valence-electron chi connectivity index (χ4n) is 13.5. The molecule has 0 aromatic heterocycles. The van der Waals surface area contributed by atoms with Crippen molar-refractivity contribution in [2.24, 2.45) is 44.8 Å². The van der Waals surface area contributed by atoms with Crippen molar-refractivity contribution in [1.29, 1.82) is 0 Å². The first kappa shape index (κ1) is 34.0. The highest BCUT2D eigenvalue weighted by molar-refractivity contribution is 5.66. The summed E-state index contributed by atoms with van der Waals surface area (Å²) in [5.74, 6) is -2.11. The topological polar surface area (TPSA) is 164 Å². The van der Waals surface area contributed by atoms with E-state index in [1.54, 1.807) is 13.8 Å². The molecular formula is C37H56O11. The lowest BCUT2D eigenvalue weighted by Gasteiger charge is -2.62. The molecule has 7 fully saturated rings. The summed E-state index contributed by atoms with van der Waals surface area (Å²) in [6.45, 7) is 16.1. The van der Waals surface area contributed by atoms with Crippen molar-refractivity contribution in [3.63, 3.8) is 0 Å². The summed E-state index contributed by atoms with van der Waals surface area (Å²) in [5.41, 5.74) is -0.907. The molecule has 0 bridgehead atoms. The van der Waals surface area contributed by atoms with E-state index in [9.17, 15) is 30.3 Å². The van der Waals surface area contributed by atoms with Crippen LogP contribution in [0.5, 0.6) is 0 Å². The van der Waals surface area contributed by atoms with Crippen molar-refractivity contribution in [3.8, 4) is 0 Å². The number of aliphatic hydroxyl groups excluding tert-OH is 4. The fraction of sp³-hybridized carbons (Fsp3) is 0.919. The van der Waals surface area contributed by atoms with Crippen LogP contribution in [-0.2, 0) is 28.5 Å². The number of carbonyl (C=O) groups excluding carboxylic acids is 1. The van der Waals surface area contributed by atoms with Crippen LogP contribution in [0.1, 0.15) is 93.9 Å². The molecule has 3 saturated heterocycles. The van der Waals surface area contributed by atoms with Crippen molar-refractivity contribution < 1.29 is 54.0 Å². The van der Waals surface area contributed by atoms with E-state index in [2.05, 4.69) is 40.7 Å². The molecule has 0 unspecified atom stereocenters. The third-order valence-corrected chi connectivity index (χ3v) is 15.8. The first-order valence-electron chi connectivity index (χ1n) is 18.2. The number of hydrogen-bond acceptors (Lipinski definition) is 11. The molecule has 48 heavy (non-hydrogen) atoms. The van der Waals surface area contributed by atoms with Gasteiger partial charge in [0.05, 0.1) is 24.4 Å². The quantitative estimate of drug-likeness (QED) is 0.221. The second-order valence-electron chi connectivity index (χ2n) is 18.5. The molecular weight excluding hydrogens is 620 g/mol. The highest BCUT2D eigenvalue weighted by atomic mass is 16.7. The van der Waals surface area contributed by atoms with Gasteiger partial charge in [-0.3, -0.25) is 4.79 Å². The molecule has 5 aliphatic carbocycles. The Morgan fingerprint density at radius 1 is 0.979 bits per heavy atom. The van der Waals surface area contributed by atoms with E-state index in [-0.39, 0.29) is 64.9 Å². The molecule has 3 heterocycles. The van der Waals surface area contributed by atoms with Gasteiger partial charge in [-0.05, 0) is 75.0 Å². The third kappa shape index (κ3) is 3.89. The third-order valence-electron chi connectivity index (χ3n) is 15.8. The van der Waals surface area contributed by atoms with Gasteiger partial charge in [-0.15, -0.1) is 0 Å². The van der Waals surface area contributed by atoms with Gasteiger partial charge in [-0.2, -0.15) is 0 Å². The predicted octanol–water partition coefficient (Wildman–Crippen LogP) is 2.58. The van der Waals surface area contributed by atoms with Crippen molar-refractivity contribution in [3.05, 3.63) is 11.6 Å². The smallest absolute Gasteiger partial charge is 0.302 e. The van der Waals surface area contributed by atoms with Crippen LogP contribution in [-0.4, -0.2) is 105 Å². The summed E-state index contributed by atoms with van der Waals surface area (Å²) in [4.78, 5) is 12.9. The summed E-state index contributed by atoms with van der Waals surface area (Å²) in [6.07, 6.45) is -0.377. The number of esters is 1. The van der Waals surface area contributed by atoms with E-state index in [0.717, 1.165) is 32.1 Å². The minimum Gasteiger partial charge on any atom is -0.462 e. The molecule has 17 atom stereocenters. The highest BCUT2D eigenvalue weighted by Crippen LogP contribution is 2.88. The van der Waals surface area contributed by atoms with Crippen LogP contribution in [0.25, 0.3) is 0 Å². The number of fused-ring (bicyclic) bond motifs is 5. The first-order valence-corrected chi connectivity index (χ1v) is 18.2. The van der Waals surface area contributed by atoms with Gasteiger partial charge in [0, 0.05) is 29.1 Å². The number of rotatable bonds is 3. The molecule has 270 valence electrons. The van der Waals surface area contributed by atoms with Gasteiger partial charge in [-0.1, -0.05) is 46.3 Å². The molecule has 11 nitrogen and oxygen atoms in total. The number of allylic oxidation sites excluding steroid dienone is 2. The van der Waals surface area contributed by atoms with Crippen LogP contribution >= 0.6 is 0 Å². The minimum atomic E-state index is -1.82. The molecule has 5 N–H and O–H groups in total. The van der Waals surface area contributed by atoms with Gasteiger partial charge in [0.15, 0.2) is 6.29 Å². The summed E-state index contributed by atoms with van der Waals surface area (Å²) >= 11 is 0. The van der Waals surface area contributed by atoms with E-state index in [1.165, 1.54) is 12.5 Å². The van der Waals surface area contributed by atoms with Crippen LogP contribution < -0.4 is 0 Å². The van der Waals surface area contributed by atoms with E-state index in [0.29, 0.717) is 6.42 Å². The van der Waals surface area contributed by atoms with E-state index in [1.807, 2.05) is 0 Å². The summed E-state index contributed by atoms with van der Waals surface area (Å²) in [7, 11) is 0. The molecule has 0 aromatic rings. The average Bonchev–Trinajstić information content (AvgIpc) is 3.52. The normalized spacial score (nSPS) is 58.7. The van der Waals surface area contributed by atoms with Crippen LogP contribution in [0.4, 0.5) is 0 Å². The van der Waals surface area contributed by atoms with Crippen molar-refractivity contribution in [1.82, 2.24) is 0 Å². The second kappa shape index (κ2) is 10.0. The molecule has 0 radical (unpaired) electrons. The zero-order valence-electron chi connectivity index (χ0n) is 29.6. The van der Waals surface area contributed by atoms with E-state index >= 15 is 0 Å². The maximum absolute atomic E-state index is 12.9. The van der Waals surface area contributed by atoms with E-state index < -0.39 is 59.0 Å². The Kier molecular flexibility index (Phi) is 7.10. The summed E-state index contributed by atoms with van der Waals surface area (Å²) in [5, 5.41) is 54.0. The Hall–Kier alpha value is -1.15. The first-order chi connectivity index (χ1) is 22.2. The van der Waals surface area contributed by atoms with Crippen molar-refractivity contribution in [2.45, 2.75) is 160 Å². The molecule has 3 aliphatic heterocycles. The number of ether oxygens (including phenoxy) is 5. The van der Waals surface area contributed by atoms with Crippen molar-refractivity contribution in [2.75, 3.05) is 6.61 Å². The lowest BCUT2D eigenvalue weighted by Crippen LogP contribution is -2.64. The van der Waals surface area contributed by atoms with Crippen LogP contribution in [0.3, 0.4) is 0 Å². The zero-order chi connectivity index (χ0) is 34.8. The molecule has 4 saturated carbocycles. The Labute approximate surface area is 283 Å². The highest BCUT2D eigenvalue weighted by Gasteiger charge is 2.85. The summed E-state index contributed by atoms with van der Waals surface area (Å²) in [6, 6.07) is 0. The molecule has 11 heteroatoms. The van der Waals surface area contributed by atoms with Gasteiger partial charge in [0.25, 0.3) is 0 Å². The lowest BCUT2D eigenvalue weighted by molar-refractivity contribution is -0.329. The summed E-state index contributed by atoms with van der Waals surface area (Å²) < 4.78 is 31.5. The Morgan fingerprint density at radius 3 is 2.38 bits per heavy atom. The largest absolute Gasteiger partial charge is 0.462 e. The van der Waals surface area contributed by atoms with Crippen LogP contribution in [0.15, 0.2) is 11.6 Å². The average molecular weight is 677 g/mol. The second-order valence-corrected chi connectivity index (χ2v) is 18.5. The van der Waals surface area contributed by atoms with Crippen molar-refractivity contribution >= 4 is 5.97 Å². The van der Waals surface area contributed by atoms with E-state index in [4.69, 9.17) is 23.7 Å². The van der Waals surface area contributed by atoms with Crippen LogP contribution in [0.2, 0.25) is 0 Å². The Balaban J connectivity index is 1.15. The monoisotopic (exact) mass is 676 g/mol. The molecule has 8 rings (SSSR count). The van der Waals surface area contributed by atoms with Gasteiger partial charge in [-0.25, -0.2) is 0 Å². The van der Waals surface area contributed by atoms with Gasteiger partial charge >= 0.3 is 5.97 Å². The predicted molar refractivity (Wildman–Crippen MR) is 170 cm³/mol. The molecule has 0 amide bonds. The van der Waals surface area contributed by atoms with Gasteiger partial charge < -0.3 is 49.2 Å². The molecule has 0 aromatic carbocycles. The lowest BCUT2D eigenvalue weighted by atomic mass is 9.44. The number of aliphatic hydroxyl groups is 5. The van der Waals surface area contributed by atoms with Crippen LogP contribution in [0, 0.1) is 44.8 Å². The minimum absolute atomic E-state index is 0.0107. The Morgan fingerprint density at radius 2 is 1.69 bits per heavy atom. The number of carbonyl (C=O) groups is 1. The molecule has 8 aliphatic rings. The van der Waals surface area contributed by atoms with Gasteiger partial charge in [0.1, 0.15) is 36.6 Å². The zero-order valence-corrected chi connectivity index (χ0v) is 29.6. The SMILES string of the molecule is CC(=O)O[C@@H]1C[C@@]23C[C@@]24CC[C@H](O[C@@H]2OC[C@H](O)[C@H](O)[C@H]2O)C(C)(C)[C@H]4CC=C3[C@]2(C)C[C@@H]3O[C@@]4(O)[C@H](OC(C)(C)[C@H]4O)[C@@H](C)[C@@H]3[C@@]12C. The molecule has 2 spiro atoms. The van der Waals surface area contributed by atoms with Gasteiger partial charge in [0.2, 0.25) is 5.79 Å². The fourth-order valence-corrected chi connectivity index (χ4v) is 13.5. The standard InChI is InChI=1S/C37H56O11/c1-17-25-20(47-37(43)28(17)48-32(5,6)30(37)42)13-33(7)22-10-9-21-31(3,4)23(46-29-27(41)26(40)19(39)15-44-29)11-12-35(21)16-36(22,35)14-24(34(25,33)8)45-18(2)38/h10,17,19-21,23-30,39-43H,9,11-16H2,1-8H3/t17-,19-,20-,21+,23-,24+,25-,26-,27+,28+,29-,30+,33-,34+,35+,36-,37-/m0/s1. The number of hydrogen-bond donors (Lipinski definition) is 5. The Bertz CT molecular complexity index is 1410.